The van der Waals surface area contributed by atoms with Gasteiger partial charge >= 0.3 is 0 Å². The van der Waals surface area contributed by atoms with E-state index in [-0.39, 0.29) is 11.9 Å². The van der Waals surface area contributed by atoms with Crippen LogP contribution in [0.15, 0.2) is 59.3 Å². The van der Waals surface area contributed by atoms with E-state index in [0.29, 0.717) is 23.6 Å². The Kier molecular flexibility index (Phi) is 3.60. The van der Waals surface area contributed by atoms with E-state index in [1.165, 1.54) is 18.4 Å². The average Bonchev–Trinajstić information content (AvgIpc) is 3.38. The van der Waals surface area contributed by atoms with Crippen LogP contribution in [0.1, 0.15) is 34.9 Å². The largest absolute Gasteiger partial charge is 0.451 e. The summed E-state index contributed by atoms with van der Waals surface area (Å²) >= 11 is 0. The molecule has 4 aliphatic rings. The number of benzene rings is 1. The molecule has 4 fully saturated rings. The first kappa shape index (κ1) is 16.3. The number of carbonyl (C=O) groups excluding carboxylic acids is 1. The van der Waals surface area contributed by atoms with Crippen LogP contribution >= 0.6 is 0 Å². The minimum atomic E-state index is 0.0336. The van der Waals surface area contributed by atoms with Crippen molar-refractivity contribution in [2.75, 3.05) is 19.6 Å². The molecule has 4 saturated heterocycles. The molecule has 0 radical (unpaired) electrons. The van der Waals surface area contributed by atoms with Gasteiger partial charge in [0.1, 0.15) is 5.58 Å². The van der Waals surface area contributed by atoms with Crippen LogP contribution in [0.4, 0.5) is 0 Å². The third kappa shape index (κ3) is 2.35. The molecule has 3 atom stereocenters. The Hall–Kier alpha value is -2.66. The maximum absolute atomic E-state index is 13.5. The van der Waals surface area contributed by atoms with Crippen LogP contribution in [0.25, 0.3) is 11.0 Å². The second kappa shape index (κ2) is 6.17. The fourth-order valence-corrected chi connectivity index (χ4v) is 5.77. The van der Waals surface area contributed by atoms with Crippen LogP contribution in [0, 0.1) is 5.92 Å². The zero-order chi connectivity index (χ0) is 18.7. The van der Waals surface area contributed by atoms with Gasteiger partial charge in [-0.1, -0.05) is 24.3 Å². The van der Waals surface area contributed by atoms with E-state index in [4.69, 9.17) is 4.42 Å². The predicted molar refractivity (Wildman–Crippen MR) is 106 cm³/mol. The number of amides is 1. The number of likely N-dealkylation sites (tertiary alicyclic amines) is 1. The zero-order valence-corrected chi connectivity index (χ0v) is 15.7. The number of aromatic nitrogens is 1. The van der Waals surface area contributed by atoms with Crippen LogP contribution in [-0.4, -0.2) is 52.4 Å². The number of pyridine rings is 1. The first-order valence-electron chi connectivity index (χ1n) is 10.2. The summed E-state index contributed by atoms with van der Waals surface area (Å²) in [5.74, 6) is 1.40. The SMILES string of the molecule is O=C(c1cc2ccccc2o1)N1CC(c2cccnc2)C2C1C1CCN2CC1. The molecule has 0 saturated carbocycles. The highest BCUT2D eigenvalue weighted by Gasteiger charge is 2.55. The number of carbonyl (C=O) groups is 1. The second-order valence-electron chi connectivity index (χ2n) is 8.35. The van der Waals surface area contributed by atoms with Gasteiger partial charge < -0.3 is 9.32 Å². The number of hydrogen-bond acceptors (Lipinski definition) is 4. The minimum Gasteiger partial charge on any atom is -0.451 e. The Balaban J connectivity index is 1.39. The van der Waals surface area contributed by atoms with Gasteiger partial charge in [0.05, 0.1) is 6.04 Å². The van der Waals surface area contributed by atoms with E-state index >= 15 is 0 Å². The monoisotopic (exact) mass is 373 g/mol. The summed E-state index contributed by atoms with van der Waals surface area (Å²) in [4.78, 5) is 22.6. The molecule has 1 amide bonds. The second-order valence-corrected chi connectivity index (χ2v) is 8.35. The van der Waals surface area contributed by atoms with Gasteiger partial charge in [-0.2, -0.15) is 0 Å². The van der Waals surface area contributed by atoms with Crippen molar-refractivity contribution in [2.45, 2.75) is 30.8 Å². The van der Waals surface area contributed by atoms with E-state index in [2.05, 4.69) is 20.9 Å². The number of piperidine rings is 3. The van der Waals surface area contributed by atoms with Crippen molar-refractivity contribution >= 4 is 16.9 Å². The van der Waals surface area contributed by atoms with Crippen molar-refractivity contribution in [3.05, 3.63) is 66.2 Å². The molecule has 5 nitrogen and oxygen atoms in total. The molecule has 0 N–H and O–H groups in total. The van der Waals surface area contributed by atoms with Crippen LogP contribution in [0.5, 0.6) is 0 Å². The molecule has 3 aromatic rings. The Bertz CT molecular complexity index is 990. The zero-order valence-electron chi connectivity index (χ0n) is 15.7. The van der Waals surface area contributed by atoms with Gasteiger partial charge in [0.25, 0.3) is 5.91 Å². The number of fused-ring (bicyclic) bond motifs is 3. The molecule has 0 aliphatic carbocycles. The summed E-state index contributed by atoms with van der Waals surface area (Å²) in [6.45, 7) is 3.04. The molecule has 2 bridgehead atoms. The van der Waals surface area contributed by atoms with E-state index in [1.54, 1.807) is 0 Å². The van der Waals surface area contributed by atoms with E-state index < -0.39 is 0 Å². The molecule has 3 unspecified atom stereocenters. The summed E-state index contributed by atoms with van der Waals surface area (Å²) in [7, 11) is 0. The Morgan fingerprint density at radius 1 is 1.07 bits per heavy atom. The molecule has 0 spiro atoms. The fraction of sp³-hybridized carbons (Fsp3) is 0.391. The van der Waals surface area contributed by atoms with Gasteiger partial charge in [-0.25, -0.2) is 0 Å². The lowest BCUT2D eigenvalue weighted by Gasteiger charge is -2.51. The lowest BCUT2D eigenvalue weighted by Crippen LogP contribution is -2.60. The van der Waals surface area contributed by atoms with Crippen molar-refractivity contribution < 1.29 is 9.21 Å². The minimum absolute atomic E-state index is 0.0336. The smallest absolute Gasteiger partial charge is 0.289 e. The van der Waals surface area contributed by atoms with Crippen molar-refractivity contribution in [3.63, 3.8) is 0 Å². The standard InChI is InChI=1S/C23H23N3O2/c27-23(20-12-16-4-1-2-6-19(16)28-20)26-14-18(17-5-3-9-24-13-17)22-21(26)15-7-10-25(22)11-8-15/h1-6,9,12-13,15,18,21-22H,7-8,10-11,14H2. The molecular weight excluding hydrogens is 350 g/mol. The molecule has 1 aromatic carbocycles. The summed E-state index contributed by atoms with van der Waals surface area (Å²) < 4.78 is 5.93. The van der Waals surface area contributed by atoms with Crippen LogP contribution < -0.4 is 0 Å². The molecule has 5 heteroatoms. The van der Waals surface area contributed by atoms with Crippen molar-refractivity contribution in [3.8, 4) is 0 Å². The van der Waals surface area contributed by atoms with Gasteiger partial charge in [-0.15, -0.1) is 0 Å². The Morgan fingerprint density at radius 3 is 2.71 bits per heavy atom. The van der Waals surface area contributed by atoms with Gasteiger partial charge in [0, 0.05) is 36.3 Å². The molecule has 6 heterocycles. The average molecular weight is 373 g/mol. The van der Waals surface area contributed by atoms with Crippen LogP contribution in [0.2, 0.25) is 0 Å². The lowest BCUT2D eigenvalue weighted by molar-refractivity contribution is -0.00424. The number of para-hydroxylation sites is 1. The number of hydrogen-bond donors (Lipinski definition) is 0. The normalized spacial score (nSPS) is 31.3. The quantitative estimate of drug-likeness (QED) is 0.690. The Morgan fingerprint density at radius 2 is 1.93 bits per heavy atom. The van der Waals surface area contributed by atoms with Gasteiger partial charge in [-0.05, 0) is 55.6 Å². The summed E-state index contributed by atoms with van der Waals surface area (Å²) in [5, 5.41) is 0.985. The van der Waals surface area contributed by atoms with E-state index in [0.717, 1.165) is 30.6 Å². The van der Waals surface area contributed by atoms with Crippen molar-refractivity contribution in [1.29, 1.82) is 0 Å². The maximum Gasteiger partial charge on any atom is 0.289 e. The topological polar surface area (TPSA) is 49.6 Å². The molecular formula is C23H23N3O2. The van der Waals surface area contributed by atoms with E-state index in [9.17, 15) is 4.79 Å². The van der Waals surface area contributed by atoms with Crippen molar-refractivity contribution in [2.24, 2.45) is 5.92 Å². The molecule has 142 valence electrons. The number of nitrogens with zero attached hydrogens (tertiary/aromatic N) is 3. The van der Waals surface area contributed by atoms with Crippen molar-refractivity contribution in [1.82, 2.24) is 14.8 Å². The first-order valence-corrected chi connectivity index (χ1v) is 10.2. The summed E-state index contributed by atoms with van der Waals surface area (Å²) in [6, 6.07) is 14.6. The molecule has 28 heavy (non-hydrogen) atoms. The van der Waals surface area contributed by atoms with E-state index in [1.807, 2.05) is 48.8 Å². The highest BCUT2D eigenvalue weighted by Crippen LogP contribution is 2.47. The third-order valence-corrected chi connectivity index (χ3v) is 7.00. The van der Waals surface area contributed by atoms with Gasteiger partial charge in [-0.3, -0.25) is 14.7 Å². The lowest BCUT2D eigenvalue weighted by atomic mass is 9.75. The van der Waals surface area contributed by atoms with Gasteiger partial charge in [0.2, 0.25) is 0 Å². The summed E-state index contributed by atoms with van der Waals surface area (Å²) in [5.41, 5.74) is 2.02. The first-order chi connectivity index (χ1) is 13.8. The van der Waals surface area contributed by atoms with Gasteiger partial charge in [0.15, 0.2) is 5.76 Å². The number of furan rings is 1. The predicted octanol–water partition coefficient (Wildman–Crippen LogP) is 3.53. The Labute approximate surface area is 163 Å². The maximum atomic E-state index is 13.5. The van der Waals surface area contributed by atoms with Crippen LogP contribution in [0.3, 0.4) is 0 Å². The summed E-state index contributed by atoms with van der Waals surface area (Å²) in [6.07, 6.45) is 6.16. The fourth-order valence-electron chi connectivity index (χ4n) is 5.77. The number of rotatable bonds is 2. The third-order valence-electron chi connectivity index (χ3n) is 7.00. The highest BCUT2D eigenvalue weighted by molar-refractivity contribution is 5.96. The molecule has 2 aromatic heterocycles. The highest BCUT2D eigenvalue weighted by atomic mass is 16.3. The molecule has 7 rings (SSSR count). The van der Waals surface area contributed by atoms with Crippen LogP contribution in [-0.2, 0) is 0 Å². The molecule has 4 aliphatic heterocycles.